The van der Waals surface area contributed by atoms with Gasteiger partial charge in [-0.15, -0.1) is 10.2 Å². The number of azo groups is 1. The molecule has 0 radical (unpaired) electrons. The van der Waals surface area contributed by atoms with Crippen LogP contribution in [0.2, 0.25) is 0 Å². The van der Waals surface area contributed by atoms with Crippen LogP contribution in [-0.4, -0.2) is 35.1 Å². The van der Waals surface area contributed by atoms with Crippen LogP contribution in [0.4, 0.5) is 5.69 Å². The lowest BCUT2D eigenvalue weighted by Crippen LogP contribution is -2.28. The van der Waals surface area contributed by atoms with E-state index in [2.05, 4.69) is 15.5 Å². The lowest BCUT2D eigenvalue weighted by molar-refractivity contribution is -0.117. The zero-order valence-corrected chi connectivity index (χ0v) is 16.4. The van der Waals surface area contributed by atoms with Crippen molar-refractivity contribution in [1.29, 1.82) is 0 Å². The Morgan fingerprint density at radius 2 is 1.93 bits per heavy atom. The van der Waals surface area contributed by atoms with E-state index in [9.17, 15) is 14.7 Å². The van der Waals surface area contributed by atoms with E-state index in [0.717, 1.165) is 5.52 Å². The van der Waals surface area contributed by atoms with Crippen LogP contribution < -0.4 is 10.1 Å². The molecule has 3 rings (SSSR count). The van der Waals surface area contributed by atoms with Crippen LogP contribution in [0.5, 0.6) is 11.6 Å². The summed E-state index contributed by atoms with van der Waals surface area (Å²) < 4.78 is 6.80. The van der Waals surface area contributed by atoms with E-state index in [1.54, 1.807) is 34.9 Å². The first-order valence-corrected chi connectivity index (χ1v) is 9.11. The summed E-state index contributed by atoms with van der Waals surface area (Å²) in [5, 5.41) is 21.3. The third-order valence-corrected chi connectivity index (χ3v) is 4.37. The highest BCUT2D eigenvalue weighted by atomic mass is 16.5. The SMILES string of the molecule is COc1cccc(C(=O)NCC(=O)N=Nc2c(O)n(C(C)C)c3ccccc23)c1. The maximum absolute atomic E-state index is 12.2. The molecule has 0 saturated heterocycles. The van der Waals surface area contributed by atoms with Crippen LogP contribution in [0.1, 0.15) is 30.2 Å². The van der Waals surface area contributed by atoms with Gasteiger partial charge >= 0.3 is 0 Å². The van der Waals surface area contributed by atoms with Crippen molar-refractivity contribution < 1.29 is 19.4 Å². The van der Waals surface area contributed by atoms with Gasteiger partial charge in [-0.05, 0) is 38.1 Å². The summed E-state index contributed by atoms with van der Waals surface area (Å²) in [4.78, 5) is 24.2. The number of hydrogen-bond donors (Lipinski definition) is 2. The van der Waals surface area contributed by atoms with Crippen molar-refractivity contribution in [2.75, 3.05) is 13.7 Å². The molecule has 2 aromatic carbocycles. The number of aromatic hydroxyl groups is 1. The van der Waals surface area contributed by atoms with Crippen LogP contribution in [0.15, 0.2) is 58.8 Å². The molecule has 0 spiro atoms. The number of ether oxygens (including phenoxy) is 1. The van der Waals surface area contributed by atoms with Crippen molar-refractivity contribution in [1.82, 2.24) is 9.88 Å². The molecule has 0 aliphatic rings. The normalized spacial score (nSPS) is 11.3. The van der Waals surface area contributed by atoms with Gasteiger partial charge in [0, 0.05) is 17.0 Å². The summed E-state index contributed by atoms with van der Waals surface area (Å²) in [6.07, 6.45) is 0. The maximum Gasteiger partial charge on any atom is 0.283 e. The van der Waals surface area contributed by atoms with E-state index in [-0.39, 0.29) is 24.2 Å². The maximum atomic E-state index is 12.2. The molecule has 0 aliphatic carbocycles. The molecule has 2 N–H and O–H groups in total. The topological polar surface area (TPSA) is 105 Å². The zero-order chi connectivity index (χ0) is 21.0. The summed E-state index contributed by atoms with van der Waals surface area (Å²) in [5.74, 6) is -0.576. The highest BCUT2D eigenvalue weighted by Crippen LogP contribution is 2.40. The van der Waals surface area contributed by atoms with Crippen LogP contribution in [0.25, 0.3) is 10.9 Å². The third kappa shape index (κ3) is 4.26. The van der Waals surface area contributed by atoms with E-state index in [1.165, 1.54) is 7.11 Å². The number of carbonyl (C=O) groups excluding carboxylic acids is 2. The van der Waals surface area contributed by atoms with E-state index in [1.807, 2.05) is 32.0 Å². The van der Waals surface area contributed by atoms with E-state index < -0.39 is 11.8 Å². The first kappa shape index (κ1) is 20.1. The molecule has 0 atom stereocenters. The molecule has 8 heteroatoms. The molecule has 29 heavy (non-hydrogen) atoms. The van der Waals surface area contributed by atoms with Crippen molar-refractivity contribution in [3.05, 3.63) is 54.1 Å². The largest absolute Gasteiger partial charge is 0.497 e. The molecule has 2 amide bonds. The van der Waals surface area contributed by atoms with Crippen molar-refractivity contribution in [2.24, 2.45) is 10.2 Å². The van der Waals surface area contributed by atoms with Crippen molar-refractivity contribution in [3.63, 3.8) is 0 Å². The first-order chi connectivity index (χ1) is 13.9. The molecule has 150 valence electrons. The van der Waals surface area contributed by atoms with Gasteiger partial charge < -0.3 is 19.7 Å². The summed E-state index contributed by atoms with van der Waals surface area (Å²) in [6, 6.07) is 13.9. The van der Waals surface area contributed by atoms with Gasteiger partial charge in [0.15, 0.2) is 5.69 Å². The van der Waals surface area contributed by atoms with Crippen LogP contribution >= 0.6 is 0 Å². The van der Waals surface area contributed by atoms with E-state index in [0.29, 0.717) is 16.7 Å². The standard InChI is InChI=1S/C21H22N4O4/c1-13(2)25-17-10-5-4-9-16(17)19(21(25)28)24-23-18(26)12-22-20(27)14-7-6-8-15(11-14)29-3/h4-11,13,28H,12H2,1-3H3,(H,22,27). The Labute approximate surface area is 167 Å². The number of nitrogens with zero attached hydrogens (tertiary/aromatic N) is 3. The number of hydrogen-bond acceptors (Lipinski definition) is 5. The minimum atomic E-state index is -0.637. The highest BCUT2D eigenvalue weighted by molar-refractivity contribution is 5.97. The Kier molecular flexibility index (Phi) is 5.92. The van der Waals surface area contributed by atoms with Crippen LogP contribution in [0.3, 0.4) is 0 Å². The summed E-state index contributed by atoms with van der Waals surface area (Å²) in [5.41, 5.74) is 1.39. The number of methoxy groups -OCH3 is 1. The fraction of sp³-hybridized carbons (Fsp3) is 0.238. The molecule has 0 fully saturated rings. The lowest BCUT2D eigenvalue weighted by Gasteiger charge is -2.10. The summed E-state index contributed by atoms with van der Waals surface area (Å²) in [7, 11) is 1.51. The third-order valence-electron chi connectivity index (χ3n) is 4.37. The summed E-state index contributed by atoms with van der Waals surface area (Å²) >= 11 is 0. The minimum absolute atomic E-state index is 0.00158. The Hall–Kier alpha value is -3.68. The fourth-order valence-corrected chi connectivity index (χ4v) is 3.02. The lowest BCUT2D eigenvalue weighted by atomic mass is 10.2. The Bertz CT molecular complexity index is 1090. The number of rotatable bonds is 6. The Morgan fingerprint density at radius 1 is 1.17 bits per heavy atom. The first-order valence-electron chi connectivity index (χ1n) is 9.11. The quantitative estimate of drug-likeness (QED) is 0.617. The second-order valence-electron chi connectivity index (χ2n) is 6.66. The van der Waals surface area contributed by atoms with Gasteiger partial charge in [-0.2, -0.15) is 0 Å². The Balaban J connectivity index is 1.73. The molecule has 3 aromatic rings. The molecule has 0 aliphatic heterocycles. The van der Waals surface area contributed by atoms with Gasteiger partial charge in [-0.25, -0.2) is 0 Å². The Morgan fingerprint density at radius 3 is 2.66 bits per heavy atom. The van der Waals surface area contributed by atoms with E-state index >= 15 is 0 Å². The monoisotopic (exact) mass is 394 g/mol. The van der Waals surface area contributed by atoms with Crippen molar-refractivity contribution in [3.8, 4) is 11.6 Å². The molecule has 0 saturated carbocycles. The molecule has 0 unspecified atom stereocenters. The molecule has 0 bridgehead atoms. The van der Waals surface area contributed by atoms with Gasteiger partial charge in [-0.1, -0.05) is 24.3 Å². The number of amides is 2. The van der Waals surface area contributed by atoms with Crippen LogP contribution in [0, 0.1) is 0 Å². The molecule has 1 heterocycles. The number of carbonyl (C=O) groups is 2. The van der Waals surface area contributed by atoms with Gasteiger partial charge in [0.05, 0.1) is 12.6 Å². The molecule has 8 nitrogen and oxygen atoms in total. The molecular weight excluding hydrogens is 372 g/mol. The molecular formula is C21H22N4O4. The fourth-order valence-electron chi connectivity index (χ4n) is 3.02. The summed E-state index contributed by atoms with van der Waals surface area (Å²) in [6.45, 7) is 3.56. The predicted octanol–water partition coefficient (Wildman–Crippen LogP) is 3.98. The molecule has 1 aromatic heterocycles. The average Bonchev–Trinajstić information content (AvgIpc) is 3.01. The van der Waals surface area contributed by atoms with Gasteiger partial charge in [-0.3, -0.25) is 9.59 Å². The zero-order valence-electron chi connectivity index (χ0n) is 16.4. The minimum Gasteiger partial charge on any atom is -0.497 e. The number of para-hydroxylation sites is 1. The van der Waals surface area contributed by atoms with Gasteiger partial charge in [0.1, 0.15) is 12.3 Å². The second-order valence-corrected chi connectivity index (χ2v) is 6.66. The smallest absolute Gasteiger partial charge is 0.283 e. The van der Waals surface area contributed by atoms with Crippen molar-refractivity contribution >= 4 is 28.4 Å². The number of nitrogens with one attached hydrogen (secondary N) is 1. The van der Waals surface area contributed by atoms with Crippen LogP contribution in [-0.2, 0) is 4.79 Å². The predicted molar refractivity (Wildman–Crippen MR) is 109 cm³/mol. The van der Waals surface area contributed by atoms with Crippen molar-refractivity contribution in [2.45, 2.75) is 19.9 Å². The van der Waals surface area contributed by atoms with Gasteiger partial charge in [0.25, 0.3) is 11.8 Å². The van der Waals surface area contributed by atoms with E-state index in [4.69, 9.17) is 4.74 Å². The number of aromatic nitrogens is 1. The second kappa shape index (κ2) is 8.55. The van der Waals surface area contributed by atoms with Gasteiger partial charge in [0.2, 0.25) is 5.88 Å². The number of benzene rings is 2. The number of fused-ring (bicyclic) bond motifs is 1. The average molecular weight is 394 g/mol. The highest BCUT2D eigenvalue weighted by Gasteiger charge is 2.18.